The topological polar surface area (TPSA) is 107 Å². The van der Waals surface area contributed by atoms with E-state index < -0.39 is 17.9 Å². The summed E-state index contributed by atoms with van der Waals surface area (Å²) in [7, 11) is 0. The maximum absolute atomic E-state index is 11.4. The highest BCUT2D eigenvalue weighted by molar-refractivity contribution is 5.71. The Morgan fingerprint density at radius 3 is 2.83 bits per heavy atom. The fourth-order valence-electron chi connectivity index (χ4n) is 1.46. The van der Waals surface area contributed by atoms with Gasteiger partial charge < -0.3 is 14.5 Å². The number of aromatic nitrogens is 4. The highest BCUT2D eigenvalue weighted by Crippen LogP contribution is 2.13. The van der Waals surface area contributed by atoms with Crippen LogP contribution in [0.1, 0.15) is 13.2 Å². The molecular formula is C10H10N4O4. The SMILES string of the molecule is C[C@H](C=O)O[C@H](C=O)n1cnc2c(=O)[nH]cnc21. The van der Waals surface area contributed by atoms with Gasteiger partial charge in [0, 0.05) is 0 Å². The lowest BCUT2D eigenvalue weighted by molar-refractivity contribution is -0.134. The van der Waals surface area contributed by atoms with Crippen LogP contribution in [0.3, 0.4) is 0 Å². The summed E-state index contributed by atoms with van der Waals surface area (Å²) >= 11 is 0. The summed E-state index contributed by atoms with van der Waals surface area (Å²) in [6.45, 7) is 1.50. The van der Waals surface area contributed by atoms with Gasteiger partial charge in [-0.1, -0.05) is 0 Å². The van der Waals surface area contributed by atoms with Gasteiger partial charge >= 0.3 is 0 Å². The third kappa shape index (κ3) is 2.05. The smallest absolute Gasteiger partial charge is 0.278 e. The van der Waals surface area contributed by atoms with Crippen molar-refractivity contribution in [2.24, 2.45) is 0 Å². The van der Waals surface area contributed by atoms with Crippen LogP contribution in [0, 0.1) is 0 Å². The molecule has 2 atom stereocenters. The number of rotatable bonds is 5. The molecule has 0 aliphatic heterocycles. The van der Waals surface area contributed by atoms with Crippen LogP contribution in [0.5, 0.6) is 0 Å². The molecule has 0 saturated heterocycles. The van der Waals surface area contributed by atoms with Crippen LogP contribution < -0.4 is 5.56 Å². The number of fused-ring (bicyclic) bond motifs is 1. The number of nitrogens with zero attached hydrogens (tertiary/aromatic N) is 3. The van der Waals surface area contributed by atoms with Crippen LogP contribution in [-0.2, 0) is 14.3 Å². The molecule has 0 aliphatic carbocycles. The number of hydrogen-bond acceptors (Lipinski definition) is 6. The minimum atomic E-state index is -1.05. The number of nitrogens with one attached hydrogen (secondary N) is 1. The molecule has 2 aromatic heterocycles. The number of carbonyl (C=O) groups is 2. The van der Waals surface area contributed by atoms with Crippen molar-refractivity contribution in [2.45, 2.75) is 19.3 Å². The third-order valence-corrected chi connectivity index (χ3v) is 2.30. The highest BCUT2D eigenvalue weighted by atomic mass is 16.5. The van der Waals surface area contributed by atoms with E-state index in [1.54, 1.807) is 0 Å². The molecule has 0 aliphatic rings. The van der Waals surface area contributed by atoms with Crippen LogP contribution in [0.15, 0.2) is 17.4 Å². The van der Waals surface area contributed by atoms with Gasteiger partial charge in [-0.15, -0.1) is 0 Å². The van der Waals surface area contributed by atoms with E-state index in [1.807, 2.05) is 0 Å². The average Bonchev–Trinajstić information content (AvgIpc) is 2.81. The van der Waals surface area contributed by atoms with Crippen molar-refractivity contribution in [3.63, 3.8) is 0 Å². The molecule has 8 heteroatoms. The Balaban J connectivity index is 2.46. The maximum Gasteiger partial charge on any atom is 0.278 e. The molecule has 0 bridgehead atoms. The van der Waals surface area contributed by atoms with Gasteiger partial charge in [0.25, 0.3) is 5.56 Å². The minimum absolute atomic E-state index is 0.103. The zero-order chi connectivity index (χ0) is 13.1. The maximum atomic E-state index is 11.4. The molecule has 18 heavy (non-hydrogen) atoms. The van der Waals surface area contributed by atoms with Gasteiger partial charge in [-0.05, 0) is 6.92 Å². The van der Waals surface area contributed by atoms with Crippen molar-refractivity contribution in [1.29, 1.82) is 0 Å². The summed E-state index contributed by atoms with van der Waals surface area (Å²) in [5, 5.41) is 0. The van der Waals surface area contributed by atoms with Gasteiger partial charge in [0.2, 0.25) is 0 Å². The van der Waals surface area contributed by atoms with Crippen molar-refractivity contribution >= 4 is 23.7 Å². The second kappa shape index (κ2) is 4.88. The monoisotopic (exact) mass is 250 g/mol. The Morgan fingerprint density at radius 1 is 1.39 bits per heavy atom. The fraction of sp³-hybridized carbons (Fsp3) is 0.300. The first-order chi connectivity index (χ1) is 8.67. The van der Waals surface area contributed by atoms with Crippen molar-refractivity contribution in [3.05, 3.63) is 23.0 Å². The molecule has 0 radical (unpaired) electrons. The molecule has 0 fully saturated rings. The molecule has 1 N–H and O–H groups in total. The van der Waals surface area contributed by atoms with Crippen molar-refractivity contribution in [3.8, 4) is 0 Å². The van der Waals surface area contributed by atoms with Crippen LogP contribution in [-0.4, -0.2) is 38.2 Å². The number of aldehydes is 2. The number of hydrogen-bond donors (Lipinski definition) is 1. The summed E-state index contributed by atoms with van der Waals surface area (Å²) in [6.07, 6.45) is 1.74. The van der Waals surface area contributed by atoms with Gasteiger partial charge in [0.05, 0.1) is 12.7 Å². The molecule has 2 heterocycles. The number of ether oxygens (including phenoxy) is 1. The van der Waals surface area contributed by atoms with Gasteiger partial charge in [-0.25, -0.2) is 9.97 Å². The first kappa shape index (κ1) is 12.1. The Kier molecular flexibility index (Phi) is 3.28. The lowest BCUT2D eigenvalue weighted by Gasteiger charge is -2.15. The van der Waals surface area contributed by atoms with Gasteiger partial charge in [-0.3, -0.25) is 14.2 Å². The Morgan fingerprint density at radius 2 is 2.17 bits per heavy atom. The quantitative estimate of drug-likeness (QED) is 0.711. The Hall–Kier alpha value is -2.35. The van der Waals surface area contributed by atoms with Gasteiger partial charge in [0.15, 0.2) is 23.7 Å². The average molecular weight is 250 g/mol. The van der Waals surface area contributed by atoms with E-state index in [4.69, 9.17) is 4.74 Å². The largest absolute Gasteiger partial charge is 0.340 e. The zero-order valence-corrected chi connectivity index (χ0v) is 9.44. The fourth-order valence-corrected chi connectivity index (χ4v) is 1.46. The number of carbonyl (C=O) groups excluding carboxylic acids is 2. The number of H-pyrrole nitrogens is 1. The molecule has 0 amide bonds. The molecule has 94 valence electrons. The van der Waals surface area contributed by atoms with Gasteiger partial charge in [0.1, 0.15) is 12.4 Å². The predicted molar refractivity (Wildman–Crippen MR) is 59.9 cm³/mol. The third-order valence-electron chi connectivity index (χ3n) is 2.30. The number of imidazole rings is 1. The van der Waals surface area contributed by atoms with Crippen LogP contribution in [0.25, 0.3) is 11.2 Å². The second-order valence-electron chi connectivity index (χ2n) is 3.56. The molecule has 2 rings (SSSR count). The standard InChI is InChI=1S/C10H10N4O4/c1-6(2-15)18-7(3-16)14-5-13-8-9(14)11-4-12-10(8)17/h2-7H,1H3,(H,11,12,17)/t6-,7-/m1/s1. The lowest BCUT2D eigenvalue weighted by atomic mass is 10.4. The van der Waals surface area contributed by atoms with E-state index in [2.05, 4.69) is 15.0 Å². The first-order valence-electron chi connectivity index (χ1n) is 5.13. The summed E-state index contributed by atoms with van der Waals surface area (Å²) in [6, 6.07) is 0. The minimum Gasteiger partial charge on any atom is -0.340 e. The van der Waals surface area contributed by atoms with Crippen LogP contribution in [0.4, 0.5) is 0 Å². The van der Waals surface area contributed by atoms with Crippen molar-refractivity contribution < 1.29 is 14.3 Å². The molecule has 8 nitrogen and oxygen atoms in total. The second-order valence-corrected chi connectivity index (χ2v) is 3.56. The lowest BCUT2D eigenvalue weighted by Crippen LogP contribution is -2.21. The van der Waals surface area contributed by atoms with Crippen LogP contribution >= 0.6 is 0 Å². The van der Waals surface area contributed by atoms with Crippen LogP contribution in [0.2, 0.25) is 0 Å². The molecule has 0 spiro atoms. The summed E-state index contributed by atoms with van der Waals surface area (Å²) in [5.41, 5.74) is -0.0903. The normalized spacial score (nSPS) is 14.3. The molecule has 2 aromatic rings. The Bertz CT molecular complexity index is 632. The Labute approximate surface area is 101 Å². The van der Waals surface area contributed by atoms with E-state index in [0.29, 0.717) is 12.6 Å². The van der Waals surface area contributed by atoms with E-state index in [1.165, 1.54) is 24.1 Å². The van der Waals surface area contributed by atoms with Crippen molar-refractivity contribution in [1.82, 2.24) is 19.5 Å². The van der Waals surface area contributed by atoms with E-state index >= 15 is 0 Å². The molecular weight excluding hydrogens is 240 g/mol. The molecule has 0 aromatic carbocycles. The van der Waals surface area contributed by atoms with E-state index in [9.17, 15) is 14.4 Å². The van der Waals surface area contributed by atoms with E-state index in [-0.39, 0.29) is 11.2 Å². The molecule has 0 unspecified atom stereocenters. The van der Waals surface area contributed by atoms with Crippen molar-refractivity contribution in [2.75, 3.05) is 0 Å². The van der Waals surface area contributed by atoms with E-state index in [0.717, 1.165) is 0 Å². The summed E-state index contributed by atoms with van der Waals surface area (Å²) in [5.74, 6) is 0. The number of aromatic amines is 1. The predicted octanol–water partition coefficient (Wildman–Crippen LogP) is -0.579. The van der Waals surface area contributed by atoms with Gasteiger partial charge in [-0.2, -0.15) is 0 Å². The zero-order valence-electron chi connectivity index (χ0n) is 9.44. The highest BCUT2D eigenvalue weighted by Gasteiger charge is 2.18. The molecule has 0 saturated carbocycles. The summed E-state index contributed by atoms with van der Waals surface area (Å²) in [4.78, 5) is 43.1. The first-order valence-corrected chi connectivity index (χ1v) is 5.13. The summed E-state index contributed by atoms with van der Waals surface area (Å²) < 4.78 is 6.46.